The molecule has 0 aliphatic rings. The lowest BCUT2D eigenvalue weighted by Crippen LogP contribution is -2.04. The summed E-state index contributed by atoms with van der Waals surface area (Å²) in [6, 6.07) is 21.3. The average Bonchev–Trinajstić information content (AvgIpc) is 2.95. The Morgan fingerprint density at radius 1 is 0.575 bits per heavy atom. The van der Waals surface area contributed by atoms with Crippen LogP contribution in [0.3, 0.4) is 0 Å². The number of benzene rings is 3. The van der Waals surface area contributed by atoms with E-state index in [2.05, 4.69) is 112 Å². The maximum atomic E-state index is 4.13. The molecule has 0 saturated carbocycles. The summed E-state index contributed by atoms with van der Waals surface area (Å²) in [5.74, 6) is 0. The quantitative estimate of drug-likeness (QED) is 0.251. The molecule has 40 heavy (non-hydrogen) atoms. The number of hydrogen-bond donors (Lipinski definition) is 0. The van der Waals surface area contributed by atoms with Gasteiger partial charge in [-0.15, -0.1) is 0 Å². The molecule has 0 unspecified atom stereocenters. The molecule has 216 valence electrons. The molecule has 0 atom stereocenters. The molecule has 0 N–H and O–H groups in total. The number of hydrogen-bond acceptors (Lipinski definition) is 0. The van der Waals surface area contributed by atoms with Crippen molar-refractivity contribution in [1.82, 2.24) is 0 Å². The number of allylic oxidation sites excluding steroid dienone is 9. The molecule has 0 heteroatoms. The van der Waals surface area contributed by atoms with Crippen molar-refractivity contribution in [2.45, 2.75) is 70.7 Å². The van der Waals surface area contributed by atoms with Crippen LogP contribution in [0.1, 0.15) is 79.2 Å². The molecular weight excluding hydrogens is 480 g/mol. The highest BCUT2D eigenvalue weighted by Crippen LogP contribution is 2.45. The van der Waals surface area contributed by atoms with E-state index >= 15 is 0 Å². The summed E-state index contributed by atoms with van der Waals surface area (Å²) in [4.78, 5) is 0. The van der Waals surface area contributed by atoms with E-state index in [1.807, 2.05) is 58.9 Å². The van der Waals surface area contributed by atoms with Crippen LogP contribution in [-0.2, 0) is 0 Å². The van der Waals surface area contributed by atoms with Crippen molar-refractivity contribution in [2.75, 3.05) is 0 Å². The lowest BCUT2D eigenvalue weighted by Gasteiger charge is -2.26. The van der Waals surface area contributed by atoms with E-state index in [4.69, 9.17) is 0 Å². The Hall–Kier alpha value is -3.90. The lowest BCUT2D eigenvalue weighted by atomic mass is 9.77. The molecule has 0 aliphatic heterocycles. The van der Waals surface area contributed by atoms with Gasteiger partial charge >= 0.3 is 0 Å². The predicted molar refractivity (Wildman–Crippen MR) is 191 cm³/mol. The van der Waals surface area contributed by atoms with Gasteiger partial charge in [-0.1, -0.05) is 173 Å². The van der Waals surface area contributed by atoms with E-state index in [0.29, 0.717) is 0 Å². The maximum Gasteiger partial charge on any atom is -0.00668 e. The second-order valence-electron chi connectivity index (χ2n) is 7.90. The van der Waals surface area contributed by atoms with Crippen LogP contribution in [0, 0.1) is 13.8 Å². The highest BCUT2D eigenvalue weighted by atomic mass is 14.3. The van der Waals surface area contributed by atoms with Gasteiger partial charge in [0.15, 0.2) is 0 Å². The standard InChI is InChI=1S/C33H32.2C2H6.3CH4/c1-7-17-26(10-4)30-24(5)31(27(18-8-2)19-9-3)33(29-22-15-12-16-23-29)25(6)32(30)28-20-13-11-14-21-28;2*1-2;;;/h7-23H,1-2,4H2,3,5-6H3;2*1-2H3;3*1H4/b19-9-,26-17+,27-18+;;;;;. The first-order chi connectivity index (χ1) is 18.1. The zero-order chi connectivity index (χ0) is 27.8. The monoisotopic (exact) mass is 536 g/mol. The van der Waals surface area contributed by atoms with Gasteiger partial charge in [-0.3, -0.25) is 0 Å². The molecule has 0 nitrogen and oxygen atoms in total. The maximum absolute atomic E-state index is 4.13. The van der Waals surface area contributed by atoms with Gasteiger partial charge in [0.25, 0.3) is 0 Å². The Bertz CT molecular complexity index is 1250. The van der Waals surface area contributed by atoms with Crippen LogP contribution in [0.4, 0.5) is 0 Å². The first-order valence-electron chi connectivity index (χ1n) is 13.3. The van der Waals surface area contributed by atoms with Crippen molar-refractivity contribution in [3.05, 3.63) is 145 Å². The van der Waals surface area contributed by atoms with E-state index in [1.165, 1.54) is 44.5 Å². The second kappa shape index (κ2) is 22.0. The van der Waals surface area contributed by atoms with Crippen molar-refractivity contribution in [3.63, 3.8) is 0 Å². The van der Waals surface area contributed by atoms with Gasteiger partial charge in [-0.25, -0.2) is 0 Å². The summed E-state index contributed by atoms with van der Waals surface area (Å²) in [6.07, 6.45) is 14.0. The Morgan fingerprint density at radius 2 is 0.950 bits per heavy atom. The fourth-order valence-electron chi connectivity index (χ4n) is 4.56. The molecule has 0 aliphatic carbocycles. The predicted octanol–water partition coefficient (Wildman–Crippen LogP) is 13.5. The first-order valence-corrected chi connectivity index (χ1v) is 13.3. The molecule has 0 amide bonds. The van der Waals surface area contributed by atoms with Crippen LogP contribution < -0.4 is 0 Å². The van der Waals surface area contributed by atoms with Crippen molar-refractivity contribution in [3.8, 4) is 22.3 Å². The van der Waals surface area contributed by atoms with Gasteiger partial charge in [0.1, 0.15) is 0 Å². The van der Waals surface area contributed by atoms with Gasteiger partial charge in [-0.2, -0.15) is 0 Å². The highest BCUT2D eigenvalue weighted by Gasteiger charge is 2.23. The molecule has 0 fully saturated rings. The minimum Gasteiger partial charge on any atom is -0.0990 e. The van der Waals surface area contributed by atoms with Gasteiger partial charge in [0.2, 0.25) is 0 Å². The number of rotatable bonds is 8. The van der Waals surface area contributed by atoms with Crippen molar-refractivity contribution in [1.29, 1.82) is 0 Å². The minimum absolute atomic E-state index is 0. The van der Waals surface area contributed by atoms with E-state index in [1.54, 1.807) is 0 Å². The van der Waals surface area contributed by atoms with Crippen molar-refractivity contribution in [2.24, 2.45) is 0 Å². The summed E-state index contributed by atoms with van der Waals surface area (Å²) in [6.45, 7) is 26.5. The average molecular weight is 537 g/mol. The Balaban J connectivity index is -0.00000187. The van der Waals surface area contributed by atoms with Crippen LogP contribution >= 0.6 is 0 Å². The smallest absolute Gasteiger partial charge is 0.00668 e. The fourth-order valence-corrected chi connectivity index (χ4v) is 4.56. The third kappa shape index (κ3) is 9.38. The fraction of sp³-hybridized carbons (Fsp3) is 0.250. The summed E-state index contributed by atoms with van der Waals surface area (Å²) < 4.78 is 0. The molecule has 0 radical (unpaired) electrons. The largest absolute Gasteiger partial charge is 0.0990 e. The summed E-state index contributed by atoms with van der Waals surface area (Å²) >= 11 is 0. The van der Waals surface area contributed by atoms with Crippen molar-refractivity contribution >= 4 is 11.1 Å². The van der Waals surface area contributed by atoms with Gasteiger partial charge < -0.3 is 0 Å². The van der Waals surface area contributed by atoms with Crippen LogP contribution in [0.15, 0.2) is 123 Å². The van der Waals surface area contributed by atoms with E-state index in [0.717, 1.165) is 11.1 Å². The van der Waals surface area contributed by atoms with E-state index < -0.39 is 0 Å². The Labute approximate surface area is 248 Å². The molecule has 3 aromatic rings. The molecule has 0 spiro atoms. The summed E-state index contributed by atoms with van der Waals surface area (Å²) in [5.41, 5.74) is 11.9. The molecule has 0 saturated heterocycles. The van der Waals surface area contributed by atoms with Gasteiger partial charge in [0.05, 0.1) is 0 Å². The molecule has 0 heterocycles. The molecule has 3 rings (SSSR count). The molecule has 3 aromatic carbocycles. The zero-order valence-electron chi connectivity index (χ0n) is 23.9. The second-order valence-corrected chi connectivity index (χ2v) is 7.90. The minimum atomic E-state index is 0. The topological polar surface area (TPSA) is 0 Å². The SMILES string of the molecule is C.C.C.C=C/C=C(\C=C)c1c(C)c(C(/C=C\C)=C/C=C)c(-c2ccccc2)c(C)c1-c1ccccc1.CC.CC. The third-order valence-corrected chi connectivity index (χ3v) is 5.86. The van der Waals surface area contributed by atoms with Crippen LogP contribution in [0.5, 0.6) is 0 Å². The molecule has 0 bridgehead atoms. The Kier molecular flexibility index (Phi) is 22.3. The van der Waals surface area contributed by atoms with Gasteiger partial charge in [-0.05, 0) is 76.4 Å². The highest BCUT2D eigenvalue weighted by molar-refractivity contribution is 5.99. The third-order valence-electron chi connectivity index (χ3n) is 5.86. The van der Waals surface area contributed by atoms with E-state index in [-0.39, 0.29) is 22.3 Å². The Morgan fingerprint density at radius 3 is 1.30 bits per heavy atom. The summed E-state index contributed by atoms with van der Waals surface area (Å²) in [5, 5.41) is 0. The first kappa shape index (κ1) is 40.6. The molecule has 0 aromatic heterocycles. The van der Waals surface area contributed by atoms with Crippen molar-refractivity contribution < 1.29 is 0 Å². The zero-order valence-corrected chi connectivity index (χ0v) is 23.9. The van der Waals surface area contributed by atoms with Crippen LogP contribution in [-0.4, -0.2) is 0 Å². The summed E-state index contributed by atoms with van der Waals surface area (Å²) in [7, 11) is 0. The van der Waals surface area contributed by atoms with E-state index in [9.17, 15) is 0 Å². The lowest BCUT2D eigenvalue weighted by molar-refractivity contribution is 1.33. The van der Waals surface area contributed by atoms with Crippen LogP contribution in [0.2, 0.25) is 0 Å². The van der Waals surface area contributed by atoms with Crippen LogP contribution in [0.25, 0.3) is 33.4 Å². The molecular formula is C40H56. The normalized spacial score (nSPS) is 10.3. The van der Waals surface area contributed by atoms with Gasteiger partial charge in [0, 0.05) is 0 Å².